The van der Waals surface area contributed by atoms with E-state index in [9.17, 15) is 72.9 Å². The van der Waals surface area contributed by atoms with Gasteiger partial charge in [-0.3, -0.25) is 62.5 Å². The third-order valence-corrected chi connectivity index (χ3v) is 10.1. The van der Waals surface area contributed by atoms with Crippen LogP contribution in [-0.4, -0.2) is 181 Å². The Morgan fingerprint density at radius 2 is 1.12 bits per heavy atom. The molecule has 20 N–H and O–H groups in total. The van der Waals surface area contributed by atoms with E-state index in [1.165, 1.54) is 19.4 Å². The van der Waals surface area contributed by atoms with Crippen molar-refractivity contribution in [3.63, 3.8) is 0 Å². The maximum Gasteiger partial charge on any atom is 0.322 e. The first kappa shape index (κ1) is 60.4. The Morgan fingerprint density at radius 1 is 0.603 bits per heavy atom. The van der Waals surface area contributed by atoms with Gasteiger partial charge in [-0.25, -0.2) is 4.98 Å². The fraction of sp³-hybridized carbons (Fsp3) is 0.476. The molecular formula is C42H60N14O17. The standard InChI is InChI=1S/C42H60N14O17/c1-20(50-35(67)23(43)14-31(60)61)34(66)51-25(9-10-30(58)59)38(70)53-26(12-21-6-3-2-4-7-21)39(71)52-24(8-5-11-47-42(44)45)37(69)54-27(13-22-16-46-19-49-22)40(72)55-28(15-32(62)63)41(73)56-29(18-57)36(68)48-17-33(64)65/h2-4,6-7,16,19-20,23-29,57H,5,8-15,17-18,43H2,1H3,(H,46,49)(H,48,68)(H,50,67)(H,51,66)(H,52,71)(H,53,70)(H,54,69)(H,55,72)(H,56,73)(H,58,59)(H,60,61)(H,62,63)(H,64,65)(H4,44,45,47)/t20-,23-,24-,25-,26-,27-,28-,29-/m0/s1. The second-order valence-electron chi connectivity index (χ2n) is 16.0. The molecule has 2 aromatic rings. The van der Waals surface area contributed by atoms with Gasteiger partial charge in [0.1, 0.15) is 48.8 Å². The van der Waals surface area contributed by atoms with E-state index in [0.29, 0.717) is 5.56 Å². The van der Waals surface area contributed by atoms with Crippen LogP contribution in [0.2, 0.25) is 0 Å². The Bertz CT molecular complexity index is 2300. The molecule has 0 bridgehead atoms. The predicted octanol–water partition coefficient (Wildman–Crippen LogP) is -7.00. The highest BCUT2D eigenvalue weighted by Gasteiger charge is 2.35. The summed E-state index contributed by atoms with van der Waals surface area (Å²) >= 11 is 0. The fourth-order valence-electron chi connectivity index (χ4n) is 6.38. The van der Waals surface area contributed by atoms with E-state index < -0.39 is 165 Å². The average Bonchev–Trinajstić information content (AvgIpc) is 3.84. The minimum absolute atomic E-state index is 0.00443. The van der Waals surface area contributed by atoms with Crippen molar-refractivity contribution in [1.82, 2.24) is 52.5 Å². The number of carboxylic acid groups (broad SMARTS) is 4. The fourth-order valence-corrected chi connectivity index (χ4v) is 6.38. The summed E-state index contributed by atoms with van der Waals surface area (Å²) in [6.07, 6.45) is -1.55. The predicted molar refractivity (Wildman–Crippen MR) is 249 cm³/mol. The van der Waals surface area contributed by atoms with E-state index in [-0.39, 0.29) is 37.5 Å². The highest BCUT2D eigenvalue weighted by Crippen LogP contribution is 2.10. The molecule has 1 aromatic carbocycles. The lowest BCUT2D eigenvalue weighted by atomic mass is 10.0. The largest absolute Gasteiger partial charge is 0.481 e. The summed E-state index contributed by atoms with van der Waals surface area (Å²) in [4.78, 5) is 164. The number of H-pyrrole nitrogens is 1. The van der Waals surface area contributed by atoms with Gasteiger partial charge in [0.25, 0.3) is 0 Å². The summed E-state index contributed by atoms with van der Waals surface area (Å²) in [6.45, 7) is -0.891. The maximum atomic E-state index is 14.3. The molecule has 1 aromatic heterocycles. The van der Waals surface area contributed by atoms with Crippen LogP contribution in [0, 0.1) is 0 Å². The van der Waals surface area contributed by atoms with Crippen molar-refractivity contribution in [1.29, 1.82) is 0 Å². The molecule has 0 aliphatic carbocycles. The third-order valence-electron chi connectivity index (χ3n) is 10.1. The average molecular weight is 1030 g/mol. The van der Waals surface area contributed by atoms with Crippen molar-refractivity contribution in [2.45, 2.75) is 107 Å². The first-order chi connectivity index (χ1) is 34.4. The number of carbonyl (C=O) groups excluding carboxylic acids is 8. The van der Waals surface area contributed by atoms with Gasteiger partial charge in [-0.05, 0) is 31.7 Å². The molecule has 8 atom stereocenters. The molecule has 0 aliphatic rings. The normalized spacial score (nSPS) is 14.0. The zero-order chi connectivity index (χ0) is 54.8. The number of hydrogen-bond donors (Lipinski definition) is 17. The molecule has 31 heteroatoms. The lowest BCUT2D eigenvalue weighted by Crippen LogP contribution is -2.61. The van der Waals surface area contributed by atoms with E-state index in [1.807, 2.05) is 10.6 Å². The van der Waals surface area contributed by atoms with Gasteiger partial charge in [0.15, 0.2) is 5.96 Å². The number of aromatic amines is 1. The van der Waals surface area contributed by atoms with Gasteiger partial charge in [-0.2, -0.15) is 0 Å². The number of rotatable bonds is 33. The number of aromatic nitrogens is 2. The number of aliphatic imine (C=N–C) groups is 1. The number of carbonyl (C=O) groups is 12. The molecule has 0 fully saturated rings. The second kappa shape index (κ2) is 30.8. The molecule has 0 saturated heterocycles. The number of hydrogen-bond acceptors (Lipinski definition) is 16. The van der Waals surface area contributed by atoms with Crippen LogP contribution >= 0.6 is 0 Å². The molecule has 0 aliphatic heterocycles. The second-order valence-corrected chi connectivity index (χ2v) is 16.0. The summed E-state index contributed by atoms with van der Waals surface area (Å²) in [5, 5.41) is 64.7. The summed E-state index contributed by atoms with van der Waals surface area (Å²) < 4.78 is 0. The molecule has 31 nitrogen and oxygen atoms in total. The molecule has 73 heavy (non-hydrogen) atoms. The van der Waals surface area contributed by atoms with Crippen LogP contribution in [-0.2, 0) is 70.4 Å². The van der Waals surface area contributed by atoms with Crippen LogP contribution < -0.4 is 59.7 Å². The molecule has 400 valence electrons. The molecule has 0 saturated carbocycles. The van der Waals surface area contributed by atoms with Crippen LogP contribution in [0.15, 0.2) is 47.8 Å². The zero-order valence-corrected chi connectivity index (χ0v) is 39.2. The number of carboxylic acids is 4. The van der Waals surface area contributed by atoms with Gasteiger partial charge in [-0.15, -0.1) is 0 Å². The number of imidazole rings is 1. The summed E-state index contributed by atoms with van der Waals surface area (Å²) in [6, 6.07) is -5.25. The lowest BCUT2D eigenvalue weighted by molar-refractivity contribution is -0.142. The maximum absolute atomic E-state index is 14.3. The highest BCUT2D eigenvalue weighted by molar-refractivity contribution is 5.99. The smallest absolute Gasteiger partial charge is 0.322 e. The molecule has 0 unspecified atom stereocenters. The van der Waals surface area contributed by atoms with Crippen molar-refractivity contribution in [2.24, 2.45) is 22.2 Å². The Morgan fingerprint density at radius 3 is 1.66 bits per heavy atom. The highest BCUT2D eigenvalue weighted by atomic mass is 16.4. The minimum atomic E-state index is -1.97. The van der Waals surface area contributed by atoms with E-state index in [4.69, 9.17) is 27.4 Å². The van der Waals surface area contributed by atoms with Crippen LogP contribution in [0.4, 0.5) is 0 Å². The number of guanidine groups is 1. The van der Waals surface area contributed by atoms with E-state index in [2.05, 4.69) is 46.9 Å². The van der Waals surface area contributed by atoms with Gasteiger partial charge < -0.3 is 90.3 Å². The number of benzene rings is 1. The number of nitrogens with zero attached hydrogens (tertiary/aromatic N) is 2. The zero-order valence-electron chi connectivity index (χ0n) is 39.2. The molecular weight excluding hydrogens is 973 g/mol. The van der Waals surface area contributed by atoms with E-state index >= 15 is 0 Å². The number of amides is 8. The third kappa shape index (κ3) is 23.2. The molecule has 0 spiro atoms. The topological polar surface area (TPSA) is 521 Å². The van der Waals surface area contributed by atoms with Gasteiger partial charge in [-0.1, -0.05) is 30.3 Å². The van der Waals surface area contributed by atoms with Crippen molar-refractivity contribution in [2.75, 3.05) is 19.7 Å². The Labute approximate surface area is 414 Å². The Balaban J connectivity index is 2.52. The van der Waals surface area contributed by atoms with E-state index in [1.54, 1.807) is 30.3 Å². The number of aliphatic hydroxyl groups is 1. The van der Waals surface area contributed by atoms with Crippen LogP contribution in [0.1, 0.15) is 56.7 Å². The van der Waals surface area contributed by atoms with Crippen LogP contribution in [0.5, 0.6) is 0 Å². The summed E-state index contributed by atoms with van der Waals surface area (Å²) in [5.41, 5.74) is 17.2. The van der Waals surface area contributed by atoms with Crippen LogP contribution in [0.25, 0.3) is 0 Å². The van der Waals surface area contributed by atoms with Gasteiger partial charge in [0.05, 0.1) is 31.8 Å². The van der Waals surface area contributed by atoms with Crippen molar-refractivity contribution < 1.29 is 83.1 Å². The monoisotopic (exact) mass is 1030 g/mol. The SMILES string of the molecule is C[C@H](NC(=O)[C@@H](N)CC(=O)O)C(=O)N[C@@H](CCC(=O)O)C(=O)N[C@@H](Cc1ccccc1)C(=O)N[C@@H](CCCN=C(N)N)C(=O)N[C@@H](Cc1cnc[nH]1)C(=O)N[C@@H](CC(=O)O)C(=O)N[C@@H](CO)C(=O)NCC(=O)O. The summed E-state index contributed by atoms with van der Waals surface area (Å²) in [5.74, 6) is -15.1. The van der Waals surface area contributed by atoms with Crippen molar-refractivity contribution in [3.8, 4) is 0 Å². The number of nitrogens with two attached hydrogens (primary N) is 3. The molecule has 0 radical (unpaired) electrons. The molecule has 1 heterocycles. The van der Waals surface area contributed by atoms with Gasteiger partial charge in [0.2, 0.25) is 47.3 Å². The van der Waals surface area contributed by atoms with Gasteiger partial charge in [0, 0.05) is 37.7 Å². The summed E-state index contributed by atoms with van der Waals surface area (Å²) in [7, 11) is 0. The number of aliphatic carboxylic acids is 4. The van der Waals surface area contributed by atoms with Gasteiger partial charge >= 0.3 is 23.9 Å². The Kier molecular flexibility index (Phi) is 25.5. The van der Waals surface area contributed by atoms with Crippen LogP contribution in [0.3, 0.4) is 0 Å². The van der Waals surface area contributed by atoms with Crippen molar-refractivity contribution >= 4 is 77.1 Å². The Hall–Kier alpha value is -8.74. The number of nitrogens with one attached hydrogen (secondary N) is 9. The van der Waals surface area contributed by atoms with Crippen molar-refractivity contribution in [3.05, 3.63) is 54.1 Å². The quantitative estimate of drug-likeness (QED) is 0.0179. The minimum Gasteiger partial charge on any atom is -0.481 e. The molecule has 8 amide bonds. The number of aliphatic hydroxyl groups excluding tert-OH is 1. The van der Waals surface area contributed by atoms with E-state index in [0.717, 1.165) is 0 Å². The first-order valence-corrected chi connectivity index (χ1v) is 22.1. The first-order valence-electron chi connectivity index (χ1n) is 22.1. The molecule has 2 rings (SSSR count). The lowest BCUT2D eigenvalue weighted by Gasteiger charge is -2.27.